The van der Waals surface area contributed by atoms with Crippen LogP contribution in [0.2, 0.25) is 0 Å². The van der Waals surface area contributed by atoms with Gasteiger partial charge in [-0.1, -0.05) is 156 Å². The minimum absolute atomic E-state index is 0.147. The molecule has 0 amide bonds. The molecule has 0 radical (unpaired) electrons. The van der Waals surface area contributed by atoms with Crippen molar-refractivity contribution in [3.63, 3.8) is 0 Å². The molecule has 0 saturated heterocycles. The molecule has 6 heterocycles. The van der Waals surface area contributed by atoms with Crippen molar-refractivity contribution in [2.75, 3.05) is 54.9 Å². The molecule has 4 aliphatic heterocycles. The lowest BCUT2D eigenvalue weighted by Gasteiger charge is -2.23. The summed E-state index contributed by atoms with van der Waals surface area (Å²) in [5.41, 5.74) is 2.72. The van der Waals surface area contributed by atoms with Gasteiger partial charge < -0.3 is 47.5 Å². The third-order valence-electron chi connectivity index (χ3n) is 16.9. The number of hydrogen-bond acceptors (Lipinski definition) is 16. The third-order valence-corrected chi connectivity index (χ3v) is 18.9. The Balaban J connectivity index is 1.24. The fourth-order valence-electron chi connectivity index (χ4n) is 12.0. The van der Waals surface area contributed by atoms with Crippen molar-refractivity contribution >= 4 is 65.4 Å². The third kappa shape index (κ3) is 13.6. The smallest absolute Gasteiger partial charge is 0.493 e. The summed E-state index contributed by atoms with van der Waals surface area (Å²) in [7, 11) is 1.07. The predicted molar refractivity (Wildman–Crippen MR) is 347 cm³/mol. The van der Waals surface area contributed by atoms with Crippen LogP contribution in [0.15, 0.2) is 78.5 Å². The number of hydrogen-bond donors (Lipinski definition) is 2. The Bertz CT molecular complexity index is 3680. The first-order valence-corrected chi connectivity index (χ1v) is 34.1. The molecule has 19 heteroatoms. The van der Waals surface area contributed by atoms with Gasteiger partial charge in [0.25, 0.3) is 0 Å². The van der Waals surface area contributed by atoms with Crippen LogP contribution >= 0.6 is 0 Å². The van der Waals surface area contributed by atoms with Crippen molar-refractivity contribution in [1.29, 1.82) is 0 Å². The fourth-order valence-corrected chi connectivity index (χ4v) is 14.1. The molecule has 0 spiro atoms. The zero-order valence-electron chi connectivity index (χ0n) is 52.7. The van der Waals surface area contributed by atoms with Gasteiger partial charge in [0.2, 0.25) is 0 Å². The lowest BCUT2D eigenvalue weighted by molar-refractivity contribution is 0.284. The Morgan fingerprint density at radius 2 is 0.575 bits per heavy atom. The summed E-state index contributed by atoms with van der Waals surface area (Å²) < 4.78 is 53.6. The largest absolute Gasteiger partial charge is 0.597 e. The van der Waals surface area contributed by atoms with Crippen LogP contribution in [0.5, 0.6) is 46.0 Å². The molecular weight excluding hydrogens is 1120 g/mol. The number of benzene rings is 4. The molecule has 6 bridgehead atoms. The number of methoxy groups -OCH3 is 4. The normalized spacial score (nSPS) is 14.1. The zero-order chi connectivity index (χ0) is 60.9. The highest BCUT2D eigenvalue weighted by Gasteiger charge is 2.47. The van der Waals surface area contributed by atoms with Gasteiger partial charge in [-0.3, -0.25) is 8.47 Å². The zero-order valence-corrected chi connectivity index (χ0v) is 53.7. The van der Waals surface area contributed by atoms with Crippen LogP contribution in [0.4, 0.5) is 11.6 Å². The van der Waals surface area contributed by atoms with Gasteiger partial charge in [0.15, 0.2) is 69.3 Å². The van der Waals surface area contributed by atoms with Crippen molar-refractivity contribution < 1.29 is 47.5 Å². The SMILES string of the molecule is CCCCCCCCOc1cc2c(cc1OC)C1=Nc3c4cc(OCCCCCCCC)c(OC)cc4c4n3[Si](O)(O)n3c(c5cc(OC)c(OCCCCCCCC)cc5c3=NC3=NC(=N4)c4cc(OCCCCCCCC)c(OC)cc43)=NC2=N1. The Hall–Kier alpha value is -7.22. The van der Waals surface area contributed by atoms with E-state index in [9.17, 15) is 9.59 Å². The number of rotatable bonds is 36. The number of unbranched alkanes of at least 4 members (excludes halogenated alkanes) is 20. The van der Waals surface area contributed by atoms with Crippen LogP contribution < -0.4 is 48.9 Å². The molecule has 2 aromatic heterocycles. The van der Waals surface area contributed by atoms with Gasteiger partial charge in [-0.2, -0.15) is 0 Å². The van der Waals surface area contributed by atoms with Gasteiger partial charge in [0, 0.05) is 43.8 Å². The monoisotopic (exact) mass is 1210 g/mol. The van der Waals surface area contributed by atoms with Gasteiger partial charge in [0.05, 0.1) is 54.9 Å². The highest BCUT2D eigenvalue weighted by atomic mass is 28.4. The predicted octanol–water partition coefficient (Wildman–Crippen LogP) is 14.3. The lowest BCUT2D eigenvalue weighted by Crippen LogP contribution is -2.60. The molecule has 0 saturated carbocycles. The van der Waals surface area contributed by atoms with Gasteiger partial charge >= 0.3 is 8.88 Å². The number of fused-ring (bicyclic) bond motifs is 14. The minimum atomic E-state index is -5.37. The summed E-state index contributed by atoms with van der Waals surface area (Å²) >= 11 is 0. The van der Waals surface area contributed by atoms with E-state index in [1.54, 1.807) is 28.4 Å². The maximum Gasteiger partial charge on any atom is 0.597 e. The molecule has 466 valence electrons. The van der Waals surface area contributed by atoms with Crippen molar-refractivity contribution in [3.8, 4) is 46.0 Å². The maximum atomic E-state index is 14.0. The molecule has 0 fully saturated rings. The fraction of sp³-hybridized carbons (Fsp3) is 0.529. The number of nitrogens with zero attached hydrogens (tertiary/aromatic N) is 8. The van der Waals surface area contributed by atoms with E-state index < -0.39 is 8.88 Å². The second-order valence-electron chi connectivity index (χ2n) is 23.2. The molecule has 0 unspecified atom stereocenters. The summed E-state index contributed by atoms with van der Waals surface area (Å²) in [6, 6.07) is 14.9. The second-order valence-corrected chi connectivity index (χ2v) is 25.3. The summed E-state index contributed by atoms with van der Waals surface area (Å²) in [5.74, 6) is 5.17. The molecule has 87 heavy (non-hydrogen) atoms. The Morgan fingerprint density at radius 1 is 0.310 bits per heavy atom. The van der Waals surface area contributed by atoms with E-state index in [1.807, 2.05) is 48.5 Å². The summed E-state index contributed by atoms with van der Waals surface area (Å²) in [6.07, 6.45) is 26.4. The van der Waals surface area contributed by atoms with E-state index in [0.717, 1.165) is 77.0 Å². The highest BCUT2D eigenvalue weighted by Crippen LogP contribution is 2.48. The summed E-state index contributed by atoms with van der Waals surface area (Å²) in [6.45, 7) is 10.7. The van der Waals surface area contributed by atoms with Crippen molar-refractivity contribution in [3.05, 3.63) is 81.8 Å². The topological polar surface area (TPSA) is 198 Å². The summed E-state index contributed by atoms with van der Waals surface area (Å²) in [4.78, 5) is 60.2. The van der Waals surface area contributed by atoms with Crippen LogP contribution in [0.1, 0.15) is 204 Å². The van der Waals surface area contributed by atoms with Crippen LogP contribution in [-0.4, -0.2) is 105 Å². The standard InChI is InChI=1S/C68H90N8O10Si/c1-9-13-17-21-25-29-33-83-57-39-47-45(37-53(57)79-5)61-69-63(47)73-65-49-41-55(81-7)59(85-35-31-27-23-19-15-11-3)43-51(49)68-72-62-46-38-54(80-6)58(84-34-30-26-22-18-14-10-2)40-48(46)64(70-62)74-66-50-42-56(82-8)60(86-36-32-28-24-20-16-12-4)44-52(50)67(71-61)76(66)87(77,78)75(65)68/h37-44,77-78H,9-36H2,1-8H3. The van der Waals surface area contributed by atoms with E-state index in [0.29, 0.717) is 116 Å². The molecule has 18 nitrogen and oxygen atoms in total. The first kappa shape index (κ1) is 62.8. The van der Waals surface area contributed by atoms with Crippen LogP contribution in [0, 0.1) is 0 Å². The molecule has 6 aromatic rings. The van der Waals surface area contributed by atoms with E-state index in [4.69, 9.17) is 67.8 Å². The Kier molecular flexibility index (Phi) is 21.4. The van der Waals surface area contributed by atoms with Crippen molar-refractivity contribution in [1.82, 2.24) is 8.47 Å². The molecule has 4 aromatic carbocycles. The van der Waals surface area contributed by atoms with Gasteiger partial charge in [-0.15, -0.1) is 0 Å². The first-order valence-electron chi connectivity index (χ1n) is 32.3. The molecule has 10 rings (SSSR count). The van der Waals surface area contributed by atoms with Crippen LogP contribution in [0.3, 0.4) is 0 Å². The van der Waals surface area contributed by atoms with Crippen molar-refractivity contribution in [2.24, 2.45) is 30.0 Å². The maximum absolute atomic E-state index is 14.0. The molecule has 2 N–H and O–H groups in total. The second kappa shape index (κ2) is 29.6. The lowest BCUT2D eigenvalue weighted by atomic mass is 10.1. The van der Waals surface area contributed by atoms with E-state index in [2.05, 4.69) is 27.7 Å². The Morgan fingerprint density at radius 3 is 0.920 bits per heavy atom. The molecule has 0 aliphatic carbocycles. The van der Waals surface area contributed by atoms with Crippen LogP contribution in [-0.2, 0) is 0 Å². The van der Waals surface area contributed by atoms with Crippen LogP contribution in [0.25, 0.3) is 21.5 Å². The molecule has 4 aliphatic rings. The van der Waals surface area contributed by atoms with E-state index in [1.165, 1.54) is 85.5 Å². The quantitative estimate of drug-likeness (QED) is 0.0282. The number of ether oxygens (including phenoxy) is 8. The number of amidine groups is 4. The number of aliphatic imine (C=N–C) groups is 4. The average molecular weight is 1210 g/mol. The summed E-state index contributed by atoms with van der Waals surface area (Å²) in [5, 5.41) is 1.97. The molecule has 0 atom stereocenters. The van der Waals surface area contributed by atoms with Crippen molar-refractivity contribution in [2.45, 2.75) is 182 Å². The molecular formula is C68H90N8O10Si. The first-order chi connectivity index (χ1) is 42.6. The van der Waals surface area contributed by atoms with Gasteiger partial charge in [-0.05, 0) is 74.2 Å². The van der Waals surface area contributed by atoms with Gasteiger partial charge in [0.1, 0.15) is 22.6 Å². The van der Waals surface area contributed by atoms with E-state index in [-0.39, 0.29) is 46.0 Å². The average Bonchev–Trinajstić information content (AvgIpc) is 2.33. The Labute approximate surface area is 513 Å². The van der Waals surface area contributed by atoms with Gasteiger partial charge in [-0.25, -0.2) is 30.0 Å². The number of aromatic nitrogens is 2. The minimum Gasteiger partial charge on any atom is -0.493 e. The highest BCUT2D eigenvalue weighted by molar-refractivity contribution is 6.63. The van der Waals surface area contributed by atoms with E-state index >= 15 is 0 Å².